The number of azide groups is 1. The minimum absolute atomic E-state index is 0.550. The van der Waals surface area contributed by atoms with Crippen LogP contribution in [-0.4, -0.2) is 16.1 Å². The van der Waals surface area contributed by atoms with Crippen LogP contribution in [0.4, 0.5) is 0 Å². The van der Waals surface area contributed by atoms with Gasteiger partial charge >= 0.3 is 0 Å². The summed E-state index contributed by atoms with van der Waals surface area (Å²) in [5.41, 5.74) is 9.15. The molecule has 12 heavy (non-hydrogen) atoms. The SMILES string of the molecule is Cc1cncn1CCCN=[N+]=[N-]. The summed E-state index contributed by atoms with van der Waals surface area (Å²) in [6, 6.07) is 0. The van der Waals surface area contributed by atoms with Gasteiger partial charge in [0, 0.05) is 29.9 Å². The van der Waals surface area contributed by atoms with Crippen molar-refractivity contribution < 1.29 is 0 Å². The first-order valence-electron chi connectivity index (χ1n) is 3.82. The van der Waals surface area contributed by atoms with Crippen LogP contribution in [0.15, 0.2) is 17.6 Å². The van der Waals surface area contributed by atoms with Crippen LogP contribution in [0.1, 0.15) is 12.1 Å². The van der Waals surface area contributed by atoms with Crippen LogP contribution in [0, 0.1) is 6.92 Å². The Hall–Kier alpha value is -1.48. The normalized spacial score (nSPS) is 9.42. The molecule has 0 fully saturated rings. The van der Waals surface area contributed by atoms with Gasteiger partial charge in [-0.25, -0.2) is 4.98 Å². The first-order chi connectivity index (χ1) is 5.84. The largest absolute Gasteiger partial charge is 0.335 e. The van der Waals surface area contributed by atoms with E-state index in [9.17, 15) is 0 Å². The Kier molecular flexibility index (Phi) is 3.17. The summed E-state index contributed by atoms with van der Waals surface area (Å²) in [6.45, 7) is 3.42. The fourth-order valence-electron chi connectivity index (χ4n) is 0.977. The van der Waals surface area contributed by atoms with E-state index in [2.05, 4.69) is 15.0 Å². The van der Waals surface area contributed by atoms with Crippen LogP contribution in [-0.2, 0) is 6.54 Å². The molecule has 0 aliphatic rings. The Morgan fingerprint density at radius 1 is 1.75 bits per heavy atom. The second-order valence-electron chi connectivity index (χ2n) is 2.54. The molecule has 0 N–H and O–H groups in total. The Balaban J connectivity index is 2.33. The van der Waals surface area contributed by atoms with Gasteiger partial charge in [0.1, 0.15) is 0 Å². The van der Waals surface area contributed by atoms with Crippen molar-refractivity contribution in [3.63, 3.8) is 0 Å². The summed E-state index contributed by atoms with van der Waals surface area (Å²) in [5, 5.41) is 3.45. The van der Waals surface area contributed by atoms with Gasteiger partial charge in [-0.2, -0.15) is 0 Å². The monoisotopic (exact) mass is 165 g/mol. The van der Waals surface area contributed by atoms with Crippen molar-refractivity contribution in [3.05, 3.63) is 28.7 Å². The highest BCUT2D eigenvalue weighted by Crippen LogP contribution is 1.98. The molecule has 1 heterocycles. The fourth-order valence-corrected chi connectivity index (χ4v) is 0.977. The highest BCUT2D eigenvalue weighted by atomic mass is 15.1. The van der Waals surface area contributed by atoms with E-state index in [0.29, 0.717) is 6.54 Å². The van der Waals surface area contributed by atoms with E-state index >= 15 is 0 Å². The predicted molar refractivity (Wildman–Crippen MR) is 45.6 cm³/mol. The van der Waals surface area contributed by atoms with Gasteiger partial charge in [-0.1, -0.05) is 5.11 Å². The summed E-state index contributed by atoms with van der Waals surface area (Å²) in [5.74, 6) is 0. The summed E-state index contributed by atoms with van der Waals surface area (Å²) in [6.07, 6.45) is 4.46. The van der Waals surface area contributed by atoms with E-state index < -0.39 is 0 Å². The van der Waals surface area contributed by atoms with Crippen molar-refractivity contribution >= 4 is 0 Å². The first kappa shape index (κ1) is 8.62. The third kappa shape index (κ3) is 2.29. The zero-order valence-electron chi connectivity index (χ0n) is 7.01. The number of aromatic nitrogens is 2. The topological polar surface area (TPSA) is 66.6 Å². The molecule has 0 saturated heterocycles. The standard InChI is InChI=1S/C7H11N5/c1-7-5-9-6-12(7)4-2-3-10-11-8/h5-6H,2-4H2,1H3. The molecule has 64 valence electrons. The molecular weight excluding hydrogens is 154 g/mol. The summed E-state index contributed by atoms with van der Waals surface area (Å²) < 4.78 is 2.03. The molecule has 1 aromatic heterocycles. The van der Waals surface area contributed by atoms with Crippen LogP contribution >= 0.6 is 0 Å². The Bertz CT molecular complexity index is 284. The van der Waals surface area contributed by atoms with Gasteiger partial charge in [-0.3, -0.25) is 0 Å². The van der Waals surface area contributed by atoms with Crippen molar-refractivity contribution in [2.45, 2.75) is 19.9 Å². The Labute approximate surface area is 70.7 Å². The zero-order valence-corrected chi connectivity index (χ0v) is 7.01. The number of rotatable bonds is 4. The van der Waals surface area contributed by atoms with Crippen LogP contribution < -0.4 is 0 Å². The van der Waals surface area contributed by atoms with Gasteiger partial charge in [0.2, 0.25) is 0 Å². The molecule has 0 aliphatic carbocycles. The highest BCUT2D eigenvalue weighted by Gasteiger charge is 1.93. The average Bonchev–Trinajstić information content (AvgIpc) is 2.46. The lowest BCUT2D eigenvalue weighted by Gasteiger charge is -2.01. The van der Waals surface area contributed by atoms with Crippen molar-refractivity contribution in [3.8, 4) is 0 Å². The van der Waals surface area contributed by atoms with Gasteiger partial charge in [0.15, 0.2) is 0 Å². The van der Waals surface area contributed by atoms with Crippen molar-refractivity contribution in [2.75, 3.05) is 6.54 Å². The van der Waals surface area contributed by atoms with Gasteiger partial charge in [0.25, 0.3) is 0 Å². The minimum atomic E-state index is 0.550. The van der Waals surface area contributed by atoms with Gasteiger partial charge in [-0.05, 0) is 18.9 Å². The molecule has 0 saturated carbocycles. The lowest BCUT2D eigenvalue weighted by molar-refractivity contribution is 0.635. The number of nitrogens with zero attached hydrogens (tertiary/aromatic N) is 5. The van der Waals surface area contributed by atoms with Crippen LogP contribution in [0.3, 0.4) is 0 Å². The van der Waals surface area contributed by atoms with Gasteiger partial charge in [0.05, 0.1) is 6.33 Å². The van der Waals surface area contributed by atoms with E-state index in [1.54, 1.807) is 6.33 Å². The van der Waals surface area contributed by atoms with Gasteiger partial charge < -0.3 is 4.57 Å². The molecule has 1 rings (SSSR count). The van der Waals surface area contributed by atoms with E-state index in [1.807, 2.05) is 17.7 Å². The molecular formula is C7H11N5. The molecule has 5 nitrogen and oxygen atoms in total. The summed E-state index contributed by atoms with van der Waals surface area (Å²) >= 11 is 0. The molecule has 0 atom stereocenters. The molecule has 5 heteroatoms. The maximum Gasteiger partial charge on any atom is 0.0948 e. The lowest BCUT2D eigenvalue weighted by atomic mass is 10.4. The van der Waals surface area contributed by atoms with Crippen molar-refractivity contribution in [1.29, 1.82) is 0 Å². The maximum atomic E-state index is 8.02. The van der Waals surface area contributed by atoms with Gasteiger partial charge in [-0.15, -0.1) is 0 Å². The number of hydrogen-bond acceptors (Lipinski definition) is 2. The van der Waals surface area contributed by atoms with Crippen LogP contribution in [0.2, 0.25) is 0 Å². The van der Waals surface area contributed by atoms with Crippen molar-refractivity contribution in [2.24, 2.45) is 5.11 Å². The third-order valence-electron chi connectivity index (χ3n) is 1.64. The minimum Gasteiger partial charge on any atom is -0.335 e. The van der Waals surface area contributed by atoms with E-state index in [0.717, 1.165) is 18.7 Å². The second-order valence-corrected chi connectivity index (χ2v) is 2.54. The van der Waals surface area contributed by atoms with E-state index in [1.165, 1.54) is 0 Å². The Morgan fingerprint density at radius 2 is 2.58 bits per heavy atom. The third-order valence-corrected chi connectivity index (χ3v) is 1.64. The smallest absolute Gasteiger partial charge is 0.0948 e. The molecule has 0 spiro atoms. The lowest BCUT2D eigenvalue weighted by Crippen LogP contribution is -1.99. The average molecular weight is 165 g/mol. The summed E-state index contributed by atoms with van der Waals surface area (Å²) in [4.78, 5) is 6.66. The maximum absolute atomic E-state index is 8.02. The van der Waals surface area contributed by atoms with Crippen LogP contribution in [0.25, 0.3) is 10.4 Å². The first-order valence-corrected chi connectivity index (χ1v) is 3.82. The molecule has 0 unspecified atom stereocenters. The quantitative estimate of drug-likeness (QED) is 0.291. The number of aryl methyl sites for hydroxylation is 2. The molecule has 0 aliphatic heterocycles. The highest BCUT2D eigenvalue weighted by molar-refractivity contribution is 4.93. The molecule has 0 amide bonds. The molecule has 0 radical (unpaired) electrons. The molecule has 0 aromatic carbocycles. The predicted octanol–water partition coefficient (Wildman–Crippen LogP) is 1.89. The molecule has 1 aromatic rings. The summed E-state index contributed by atoms with van der Waals surface area (Å²) in [7, 11) is 0. The van der Waals surface area contributed by atoms with E-state index in [4.69, 9.17) is 5.53 Å². The number of imidazole rings is 1. The fraction of sp³-hybridized carbons (Fsp3) is 0.571. The number of hydrogen-bond donors (Lipinski definition) is 0. The Morgan fingerprint density at radius 3 is 3.17 bits per heavy atom. The van der Waals surface area contributed by atoms with Crippen LogP contribution in [0.5, 0.6) is 0 Å². The molecule has 0 bridgehead atoms. The zero-order chi connectivity index (χ0) is 8.81. The van der Waals surface area contributed by atoms with Crippen molar-refractivity contribution in [1.82, 2.24) is 9.55 Å². The second kappa shape index (κ2) is 4.41. The van der Waals surface area contributed by atoms with E-state index in [-0.39, 0.29) is 0 Å².